The number of nitrogens with zero attached hydrogens (tertiary/aromatic N) is 2. The highest BCUT2D eigenvalue weighted by Crippen LogP contribution is 2.30. The van der Waals surface area contributed by atoms with Gasteiger partial charge in [-0.15, -0.1) is 11.8 Å². The van der Waals surface area contributed by atoms with Crippen LogP contribution in [-0.4, -0.2) is 30.4 Å². The second-order valence-electron chi connectivity index (χ2n) is 4.84. The van der Waals surface area contributed by atoms with E-state index < -0.39 is 0 Å². The maximum Gasteiger partial charge on any atom is 0.173 e. The molecule has 3 N–H and O–H groups in total. The molecule has 0 unspecified atom stereocenters. The highest BCUT2D eigenvalue weighted by Gasteiger charge is 2.16. The molecule has 106 valence electrons. The fourth-order valence-electron chi connectivity index (χ4n) is 2.07. The minimum Gasteiger partial charge on any atom is -0.409 e. The fourth-order valence-corrected chi connectivity index (χ4v) is 2.91. The van der Waals surface area contributed by atoms with Crippen LogP contribution in [-0.2, 0) is 0 Å². The maximum absolute atomic E-state index is 9.00. The molecule has 0 aliphatic heterocycles. The molecule has 0 radical (unpaired) electrons. The summed E-state index contributed by atoms with van der Waals surface area (Å²) >= 11 is 1.70. The first-order valence-corrected chi connectivity index (χ1v) is 7.44. The molecule has 0 amide bonds. The van der Waals surface area contributed by atoms with E-state index in [2.05, 4.69) is 30.8 Å². The van der Waals surface area contributed by atoms with Gasteiger partial charge in [-0.1, -0.05) is 32.0 Å². The van der Waals surface area contributed by atoms with Gasteiger partial charge in [-0.25, -0.2) is 0 Å². The number of hydrogen-bond donors (Lipinski definition) is 2. The van der Waals surface area contributed by atoms with Gasteiger partial charge in [0.25, 0.3) is 0 Å². The van der Waals surface area contributed by atoms with E-state index in [0.29, 0.717) is 5.92 Å². The van der Waals surface area contributed by atoms with E-state index in [1.165, 1.54) is 0 Å². The summed E-state index contributed by atoms with van der Waals surface area (Å²) in [5, 5.41) is 12.2. The zero-order valence-corrected chi connectivity index (χ0v) is 12.9. The monoisotopic (exact) mass is 281 g/mol. The van der Waals surface area contributed by atoms with Gasteiger partial charge in [0.15, 0.2) is 5.84 Å². The van der Waals surface area contributed by atoms with Crippen LogP contribution in [0.2, 0.25) is 0 Å². The van der Waals surface area contributed by atoms with Crippen molar-refractivity contribution in [2.24, 2.45) is 16.8 Å². The number of thioether (sulfide) groups is 1. The van der Waals surface area contributed by atoms with Crippen molar-refractivity contribution in [2.45, 2.75) is 25.7 Å². The second kappa shape index (κ2) is 7.28. The average molecular weight is 281 g/mol. The smallest absolute Gasteiger partial charge is 0.173 e. The minimum absolute atomic E-state index is 0.169. The van der Waals surface area contributed by atoms with Gasteiger partial charge in [-0.2, -0.15) is 0 Å². The van der Waals surface area contributed by atoms with Crippen LogP contribution in [0.1, 0.15) is 26.3 Å². The number of benzene rings is 1. The molecule has 0 bridgehead atoms. The molecule has 0 spiro atoms. The van der Waals surface area contributed by atoms with Gasteiger partial charge >= 0.3 is 0 Å². The zero-order valence-electron chi connectivity index (χ0n) is 12.1. The normalized spacial score (nSPS) is 11.9. The molecule has 0 saturated heterocycles. The van der Waals surface area contributed by atoms with Crippen molar-refractivity contribution < 1.29 is 5.21 Å². The van der Waals surface area contributed by atoms with E-state index in [1.54, 1.807) is 11.8 Å². The molecule has 0 aliphatic carbocycles. The van der Waals surface area contributed by atoms with Gasteiger partial charge in [0, 0.05) is 24.2 Å². The summed E-state index contributed by atoms with van der Waals surface area (Å²) in [6.07, 6.45) is 0. The summed E-state index contributed by atoms with van der Waals surface area (Å²) in [5.74, 6) is 1.66. The molecule has 19 heavy (non-hydrogen) atoms. The molecule has 1 rings (SSSR count). The molecular formula is C14H23N3OS. The van der Waals surface area contributed by atoms with Gasteiger partial charge in [0.05, 0.1) is 5.56 Å². The van der Waals surface area contributed by atoms with Crippen LogP contribution in [0.25, 0.3) is 0 Å². The third-order valence-corrected chi connectivity index (χ3v) is 3.66. The Hall–Kier alpha value is -1.36. The fraction of sp³-hybridized carbons (Fsp3) is 0.500. The number of nitrogens with two attached hydrogens (primary N) is 1. The van der Waals surface area contributed by atoms with Gasteiger partial charge in [0.1, 0.15) is 0 Å². The first kappa shape index (κ1) is 15.7. The lowest BCUT2D eigenvalue weighted by Gasteiger charge is -2.25. The van der Waals surface area contributed by atoms with Crippen molar-refractivity contribution in [1.29, 1.82) is 0 Å². The van der Waals surface area contributed by atoms with Crippen molar-refractivity contribution in [2.75, 3.05) is 24.2 Å². The van der Waals surface area contributed by atoms with Gasteiger partial charge in [0.2, 0.25) is 0 Å². The first-order valence-electron chi connectivity index (χ1n) is 6.46. The largest absolute Gasteiger partial charge is 0.409 e. The molecule has 1 aromatic rings. The van der Waals surface area contributed by atoms with Gasteiger partial charge in [-0.05, 0) is 23.8 Å². The Balaban J connectivity index is 3.26. The quantitative estimate of drug-likeness (QED) is 0.277. The lowest BCUT2D eigenvalue weighted by molar-refractivity contribution is 0.318. The summed E-state index contributed by atoms with van der Waals surface area (Å²) in [7, 11) is 2.03. The SMILES string of the molecule is CCSc1cccc(N(C)CC(C)C)c1/C(N)=N/O. The van der Waals surface area contributed by atoms with E-state index in [-0.39, 0.29) is 5.84 Å². The molecule has 4 nitrogen and oxygen atoms in total. The standard InChI is InChI=1S/C14H23N3OS/c1-5-19-12-8-6-7-11(13(12)14(15)16-18)17(4)9-10(2)3/h6-8,10,18H,5,9H2,1-4H3,(H2,15,16). The van der Waals surface area contributed by atoms with Crippen molar-refractivity contribution in [3.05, 3.63) is 23.8 Å². The van der Waals surface area contributed by atoms with E-state index in [1.807, 2.05) is 25.2 Å². The number of oxime groups is 1. The predicted octanol–water partition coefficient (Wildman–Crippen LogP) is 2.99. The number of anilines is 1. The molecule has 0 saturated carbocycles. The molecule has 0 heterocycles. The Morgan fingerprint density at radius 2 is 2.16 bits per heavy atom. The average Bonchev–Trinajstić information content (AvgIpc) is 2.37. The predicted molar refractivity (Wildman–Crippen MR) is 83.5 cm³/mol. The summed E-state index contributed by atoms with van der Waals surface area (Å²) < 4.78 is 0. The summed E-state index contributed by atoms with van der Waals surface area (Å²) in [6.45, 7) is 7.35. The molecule has 0 atom stereocenters. The van der Waals surface area contributed by atoms with Crippen LogP contribution in [0.5, 0.6) is 0 Å². The van der Waals surface area contributed by atoms with Gasteiger partial charge in [-0.3, -0.25) is 0 Å². The first-order chi connectivity index (χ1) is 9.01. The van der Waals surface area contributed by atoms with E-state index in [9.17, 15) is 0 Å². The van der Waals surface area contributed by atoms with Crippen LogP contribution in [0.3, 0.4) is 0 Å². The minimum atomic E-state index is 0.169. The molecular weight excluding hydrogens is 258 g/mol. The number of hydrogen-bond acceptors (Lipinski definition) is 4. The Bertz CT molecular complexity index is 446. The van der Waals surface area contributed by atoms with Crippen LogP contribution in [0, 0.1) is 5.92 Å². The highest BCUT2D eigenvalue weighted by atomic mass is 32.2. The van der Waals surface area contributed by atoms with Crippen LogP contribution in [0.4, 0.5) is 5.69 Å². The Kier molecular flexibility index (Phi) is 6.02. The topological polar surface area (TPSA) is 61.8 Å². The Morgan fingerprint density at radius 1 is 1.47 bits per heavy atom. The number of amidine groups is 1. The highest BCUT2D eigenvalue weighted by molar-refractivity contribution is 7.99. The molecule has 0 fully saturated rings. The van der Waals surface area contributed by atoms with Crippen molar-refractivity contribution >= 4 is 23.3 Å². The van der Waals surface area contributed by atoms with Crippen molar-refractivity contribution in [3.63, 3.8) is 0 Å². The Morgan fingerprint density at radius 3 is 2.68 bits per heavy atom. The van der Waals surface area contributed by atoms with E-state index >= 15 is 0 Å². The van der Waals surface area contributed by atoms with E-state index in [0.717, 1.165) is 28.4 Å². The van der Waals surface area contributed by atoms with Crippen LogP contribution < -0.4 is 10.6 Å². The van der Waals surface area contributed by atoms with Gasteiger partial charge < -0.3 is 15.8 Å². The maximum atomic E-state index is 9.00. The van der Waals surface area contributed by atoms with Crippen molar-refractivity contribution in [3.8, 4) is 0 Å². The lowest BCUT2D eigenvalue weighted by atomic mass is 10.1. The van der Waals surface area contributed by atoms with Crippen molar-refractivity contribution in [1.82, 2.24) is 0 Å². The Labute approximate surface area is 119 Å². The lowest BCUT2D eigenvalue weighted by Crippen LogP contribution is -2.26. The summed E-state index contributed by atoms with van der Waals surface area (Å²) in [6, 6.07) is 6.03. The summed E-state index contributed by atoms with van der Waals surface area (Å²) in [4.78, 5) is 3.20. The molecule has 5 heteroatoms. The third-order valence-electron chi connectivity index (χ3n) is 2.72. The summed E-state index contributed by atoms with van der Waals surface area (Å²) in [5.41, 5.74) is 7.68. The zero-order chi connectivity index (χ0) is 14.4. The number of rotatable bonds is 6. The van der Waals surface area contributed by atoms with Crippen LogP contribution in [0.15, 0.2) is 28.3 Å². The van der Waals surface area contributed by atoms with Crippen LogP contribution >= 0.6 is 11.8 Å². The molecule has 1 aromatic carbocycles. The molecule has 0 aliphatic rings. The molecule has 0 aromatic heterocycles. The second-order valence-corrected chi connectivity index (χ2v) is 6.15. The third kappa shape index (κ3) is 4.06. The van der Waals surface area contributed by atoms with E-state index in [4.69, 9.17) is 10.9 Å².